The SMILES string of the molecule is [Li][C](CCCC)(c1ccccc1)c1cccc([C]([Li])(CCCC)c2ccccc2)c1. The van der Waals surface area contributed by atoms with Crippen LogP contribution in [0.5, 0.6) is 0 Å². The molecule has 0 bridgehead atoms. The van der Waals surface area contributed by atoms with Crippen LogP contribution in [0.4, 0.5) is 0 Å². The summed E-state index contributed by atoms with van der Waals surface area (Å²) >= 11 is 4.87. The zero-order valence-corrected chi connectivity index (χ0v) is 19.3. The van der Waals surface area contributed by atoms with Crippen molar-refractivity contribution >= 4 is 35.4 Å². The van der Waals surface area contributed by atoms with Gasteiger partial charge in [-0.15, -0.1) is 0 Å². The summed E-state index contributed by atoms with van der Waals surface area (Å²) in [6.45, 7) is 4.58. The van der Waals surface area contributed by atoms with Gasteiger partial charge in [-0.3, -0.25) is 0 Å². The summed E-state index contributed by atoms with van der Waals surface area (Å²) in [5.74, 6) is 0. The van der Waals surface area contributed by atoms with Gasteiger partial charge in [-0.1, -0.05) is 0 Å². The quantitative estimate of drug-likeness (QED) is 0.335. The second-order valence-electron chi connectivity index (χ2n) is 9.18. The topological polar surface area (TPSA) is 0 Å². The molecule has 0 N–H and O–H groups in total. The molecule has 2 heteroatoms. The van der Waals surface area contributed by atoms with Crippen LogP contribution < -0.4 is 0 Å². The first-order valence-electron chi connectivity index (χ1n) is 11.8. The van der Waals surface area contributed by atoms with Crippen LogP contribution in [0.1, 0.15) is 74.6 Å². The van der Waals surface area contributed by atoms with Gasteiger partial charge in [0.05, 0.1) is 0 Å². The molecule has 0 aliphatic carbocycles. The number of hydrogen-bond donors (Lipinski definition) is 0. The molecule has 0 spiro atoms. The fourth-order valence-electron chi connectivity index (χ4n) is 4.79. The Balaban J connectivity index is 2.10. The molecule has 3 aromatic carbocycles. The summed E-state index contributed by atoms with van der Waals surface area (Å²) in [4.78, 5) is 0. The Morgan fingerprint density at radius 2 is 0.900 bits per heavy atom. The summed E-state index contributed by atoms with van der Waals surface area (Å²) in [6.07, 6.45) is 7.27. The molecule has 2 unspecified atom stereocenters. The van der Waals surface area contributed by atoms with E-state index in [4.69, 9.17) is 0 Å². The van der Waals surface area contributed by atoms with Gasteiger partial charge in [0, 0.05) is 0 Å². The summed E-state index contributed by atoms with van der Waals surface area (Å²) < 4.78 is 0.0747. The second kappa shape index (κ2) is 10.9. The molecule has 0 amide bonds. The summed E-state index contributed by atoms with van der Waals surface area (Å²) in [5.41, 5.74) is 5.73. The van der Waals surface area contributed by atoms with Crippen molar-refractivity contribution in [3.05, 3.63) is 107 Å². The Hall–Kier alpha value is -1.15. The second-order valence-corrected chi connectivity index (χ2v) is 9.18. The third kappa shape index (κ3) is 5.18. The molecule has 0 radical (unpaired) electrons. The van der Waals surface area contributed by atoms with Crippen molar-refractivity contribution in [3.63, 3.8) is 0 Å². The van der Waals surface area contributed by atoms with E-state index in [9.17, 15) is 0 Å². The van der Waals surface area contributed by atoms with Crippen LogP contribution in [0, 0.1) is 0 Å². The zero-order chi connectivity index (χ0) is 21.5. The van der Waals surface area contributed by atoms with Gasteiger partial charge in [0.25, 0.3) is 0 Å². The predicted molar refractivity (Wildman–Crippen MR) is 131 cm³/mol. The normalized spacial score (nSPS) is 15.4. The third-order valence-electron chi connectivity index (χ3n) is 7.02. The molecule has 0 fully saturated rings. The standard InChI is InChI=1S/C28H32.2Li/c1-3-5-20-27(23-14-9-7-10-15-23)25-18-13-19-26(22-25)28(21-6-4-2)24-16-11-8-12-17-24;;/h7-19,22H,3-6,20-21H2,1-2H3;;. The van der Waals surface area contributed by atoms with Gasteiger partial charge in [-0.2, -0.15) is 0 Å². The van der Waals surface area contributed by atoms with Crippen molar-refractivity contribution in [2.45, 2.75) is 60.5 Å². The number of hydrogen-bond acceptors (Lipinski definition) is 0. The first-order chi connectivity index (χ1) is 14.5. The Labute approximate surface area is 202 Å². The summed E-state index contributed by atoms with van der Waals surface area (Å²) in [7, 11) is 0. The van der Waals surface area contributed by atoms with E-state index in [1.807, 2.05) is 0 Å². The van der Waals surface area contributed by atoms with Gasteiger partial charge in [0.15, 0.2) is 0 Å². The molecule has 0 nitrogen and oxygen atoms in total. The van der Waals surface area contributed by atoms with Crippen LogP contribution >= 0.6 is 0 Å². The average Bonchev–Trinajstić information content (AvgIpc) is 2.82. The van der Waals surface area contributed by atoms with Crippen molar-refractivity contribution in [2.24, 2.45) is 0 Å². The first kappa shape index (κ1) is 23.5. The Kier molecular flexibility index (Phi) is 8.57. The van der Waals surface area contributed by atoms with Gasteiger partial charge in [-0.05, 0) is 0 Å². The molecule has 0 saturated carbocycles. The molecule has 0 aromatic heterocycles. The maximum atomic E-state index is 2.51. The van der Waals surface area contributed by atoms with Gasteiger partial charge in [0.1, 0.15) is 0 Å². The van der Waals surface area contributed by atoms with E-state index in [-0.39, 0.29) is 8.18 Å². The van der Waals surface area contributed by atoms with E-state index >= 15 is 0 Å². The van der Waals surface area contributed by atoms with Crippen molar-refractivity contribution in [3.8, 4) is 0 Å². The molecule has 0 heterocycles. The molecule has 146 valence electrons. The van der Waals surface area contributed by atoms with Crippen molar-refractivity contribution in [2.75, 3.05) is 0 Å². The van der Waals surface area contributed by atoms with E-state index in [0.29, 0.717) is 0 Å². The van der Waals surface area contributed by atoms with Crippen LogP contribution in [-0.2, 0) is 8.18 Å². The Morgan fingerprint density at radius 1 is 0.533 bits per heavy atom. The molecule has 30 heavy (non-hydrogen) atoms. The molecule has 0 aliphatic rings. The minimum atomic E-state index is 0.0373. The van der Waals surface area contributed by atoms with E-state index in [0.717, 1.165) is 0 Å². The molecule has 3 aromatic rings. The van der Waals surface area contributed by atoms with Crippen LogP contribution in [0.25, 0.3) is 0 Å². The van der Waals surface area contributed by atoms with Gasteiger partial charge < -0.3 is 0 Å². The number of rotatable bonds is 10. The van der Waals surface area contributed by atoms with Crippen molar-refractivity contribution < 1.29 is 0 Å². The minimum absolute atomic E-state index is 0.0373. The molecule has 3 rings (SSSR count). The maximum absolute atomic E-state index is 2.51. The fourth-order valence-corrected chi connectivity index (χ4v) is 4.79. The molecular formula is C28H32Li2. The van der Waals surface area contributed by atoms with Crippen molar-refractivity contribution in [1.29, 1.82) is 0 Å². The summed E-state index contributed by atoms with van der Waals surface area (Å²) in [6, 6.07) is 31.6. The number of benzene rings is 3. The zero-order valence-electron chi connectivity index (χ0n) is 19.3. The van der Waals surface area contributed by atoms with Gasteiger partial charge in [-0.25, -0.2) is 0 Å². The Bertz CT molecular complexity index is 833. The van der Waals surface area contributed by atoms with E-state index in [1.54, 1.807) is 0 Å². The Morgan fingerprint density at radius 3 is 1.27 bits per heavy atom. The van der Waals surface area contributed by atoms with Crippen LogP contribution in [0.2, 0.25) is 0 Å². The van der Waals surface area contributed by atoms with E-state index in [1.165, 1.54) is 60.8 Å². The molecular weight excluding hydrogens is 350 g/mol. The third-order valence-corrected chi connectivity index (χ3v) is 7.02. The monoisotopic (exact) mass is 382 g/mol. The van der Waals surface area contributed by atoms with Crippen LogP contribution in [0.15, 0.2) is 84.9 Å². The molecule has 2 atom stereocenters. The predicted octanol–water partition coefficient (Wildman–Crippen LogP) is 6.89. The summed E-state index contributed by atoms with van der Waals surface area (Å²) in [5, 5.41) is 0. The van der Waals surface area contributed by atoms with Crippen LogP contribution in [-0.4, -0.2) is 35.4 Å². The van der Waals surface area contributed by atoms with Gasteiger partial charge in [0.2, 0.25) is 0 Å². The van der Waals surface area contributed by atoms with Crippen molar-refractivity contribution in [1.82, 2.24) is 0 Å². The molecule has 0 saturated heterocycles. The average molecular weight is 382 g/mol. The molecule has 0 aliphatic heterocycles. The van der Waals surface area contributed by atoms with Gasteiger partial charge >= 0.3 is 203 Å². The first-order valence-corrected chi connectivity index (χ1v) is 11.8. The number of unbranched alkanes of at least 4 members (excludes halogenated alkanes) is 2. The fraction of sp³-hybridized carbons (Fsp3) is 0.357. The van der Waals surface area contributed by atoms with E-state index in [2.05, 4.69) is 134 Å². The van der Waals surface area contributed by atoms with Crippen LogP contribution in [0.3, 0.4) is 0 Å². The van der Waals surface area contributed by atoms with E-state index < -0.39 is 0 Å².